The molecule has 1 aromatic carbocycles. The molecule has 1 saturated carbocycles. The fraction of sp³-hybridized carbons (Fsp3) is 0.500. The van der Waals surface area contributed by atoms with Crippen LogP contribution < -0.4 is 0 Å². The van der Waals surface area contributed by atoms with Crippen molar-refractivity contribution in [3.63, 3.8) is 0 Å². The van der Waals surface area contributed by atoms with Crippen molar-refractivity contribution < 1.29 is 18.4 Å². The summed E-state index contributed by atoms with van der Waals surface area (Å²) >= 11 is 6.06. The normalized spacial score (nSPS) is 29.9. The van der Waals surface area contributed by atoms with Gasteiger partial charge in [-0.25, -0.2) is 4.39 Å². The lowest BCUT2D eigenvalue weighted by Crippen LogP contribution is -2.39. The molecule has 2 heterocycles. The number of carbonyl (C=O) groups is 1. The van der Waals surface area contributed by atoms with E-state index in [0.717, 1.165) is 0 Å². The lowest BCUT2D eigenvalue weighted by atomic mass is 9.66. The van der Waals surface area contributed by atoms with Gasteiger partial charge in [0.1, 0.15) is 5.82 Å². The summed E-state index contributed by atoms with van der Waals surface area (Å²) in [5, 5.41) is 4.27. The van der Waals surface area contributed by atoms with Gasteiger partial charge in [0.05, 0.1) is 5.41 Å². The SMILES string of the molecule is CC1(C)[C@@]2(C)CC[C@@]1(c1nc(Cc3c(F)cccc3Cl)no1)OC2=O. The van der Waals surface area contributed by atoms with E-state index in [2.05, 4.69) is 10.1 Å². The van der Waals surface area contributed by atoms with E-state index in [1.54, 1.807) is 12.1 Å². The maximum Gasteiger partial charge on any atom is 0.313 e. The van der Waals surface area contributed by atoms with Crippen LogP contribution in [0, 0.1) is 16.6 Å². The predicted molar refractivity (Wildman–Crippen MR) is 87.4 cm³/mol. The van der Waals surface area contributed by atoms with Crippen LogP contribution in [0.2, 0.25) is 5.02 Å². The zero-order chi connectivity index (χ0) is 18.0. The van der Waals surface area contributed by atoms with Crippen molar-refractivity contribution in [2.24, 2.45) is 10.8 Å². The number of hydrogen-bond acceptors (Lipinski definition) is 5. The van der Waals surface area contributed by atoms with Crippen molar-refractivity contribution in [1.82, 2.24) is 10.1 Å². The number of nitrogens with zero attached hydrogens (tertiary/aromatic N) is 2. The number of aromatic nitrogens is 2. The van der Waals surface area contributed by atoms with Crippen molar-refractivity contribution in [3.05, 3.63) is 46.3 Å². The molecule has 0 spiro atoms. The number of carbonyl (C=O) groups excluding carboxylic acids is 1. The molecule has 1 aromatic heterocycles. The zero-order valence-corrected chi connectivity index (χ0v) is 15.0. The van der Waals surface area contributed by atoms with Crippen LogP contribution in [0.3, 0.4) is 0 Å². The first kappa shape index (κ1) is 16.5. The van der Waals surface area contributed by atoms with Crippen LogP contribution >= 0.6 is 11.6 Å². The molecular weight excluding hydrogens is 347 g/mol. The third-order valence-corrected chi connectivity index (χ3v) is 6.65. The monoisotopic (exact) mass is 364 g/mol. The fourth-order valence-electron chi connectivity index (χ4n) is 4.07. The van der Waals surface area contributed by atoms with Gasteiger partial charge in [-0.1, -0.05) is 36.7 Å². The molecule has 0 unspecified atom stereocenters. The van der Waals surface area contributed by atoms with Gasteiger partial charge >= 0.3 is 5.97 Å². The maximum atomic E-state index is 14.0. The predicted octanol–water partition coefficient (Wildman–Crippen LogP) is 4.03. The van der Waals surface area contributed by atoms with E-state index in [-0.39, 0.29) is 18.3 Å². The van der Waals surface area contributed by atoms with Crippen LogP contribution in [0.5, 0.6) is 0 Å². The molecule has 25 heavy (non-hydrogen) atoms. The average molecular weight is 365 g/mol. The number of rotatable bonds is 3. The fourth-order valence-corrected chi connectivity index (χ4v) is 4.30. The number of halogens is 2. The quantitative estimate of drug-likeness (QED) is 0.769. The topological polar surface area (TPSA) is 65.2 Å². The summed E-state index contributed by atoms with van der Waals surface area (Å²) in [6.07, 6.45) is 1.44. The van der Waals surface area contributed by atoms with Crippen molar-refractivity contribution in [1.29, 1.82) is 0 Å². The van der Waals surface area contributed by atoms with Gasteiger partial charge in [-0.05, 0) is 31.9 Å². The number of esters is 1. The Balaban J connectivity index is 1.70. The Morgan fingerprint density at radius 1 is 1.28 bits per heavy atom. The maximum absolute atomic E-state index is 14.0. The van der Waals surface area contributed by atoms with Crippen LogP contribution in [0.4, 0.5) is 4.39 Å². The third kappa shape index (κ3) is 1.97. The Labute approximate surface area is 149 Å². The molecule has 2 aromatic rings. The average Bonchev–Trinajstić information content (AvgIpc) is 3.13. The summed E-state index contributed by atoms with van der Waals surface area (Å²) in [5.74, 6) is -0.0722. The van der Waals surface area contributed by atoms with Crippen LogP contribution in [-0.4, -0.2) is 16.1 Å². The van der Waals surface area contributed by atoms with E-state index in [9.17, 15) is 9.18 Å². The Kier molecular flexibility index (Phi) is 3.33. The van der Waals surface area contributed by atoms with Gasteiger partial charge in [0.2, 0.25) is 0 Å². The van der Waals surface area contributed by atoms with Crippen molar-refractivity contribution in [2.45, 2.75) is 45.6 Å². The van der Waals surface area contributed by atoms with E-state index < -0.39 is 22.2 Å². The molecular formula is C18H18ClFN2O3. The molecule has 4 rings (SSSR count). The van der Waals surface area contributed by atoms with Gasteiger partial charge in [0.15, 0.2) is 11.4 Å². The summed E-state index contributed by atoms with van der Waals surface area (Å²) in [5.41, 5.74) is -1.66. The molecule has 7 heteroatoms. The summed E-state index contributed by atoms with van der Waals surface area (Å²) in [4.78, 5) is 16.8. The van der Waals surface area contributed by atoms with Gasteiger partial charge in [0, 0.05) is 22.4 Å². The van der Waals surface area contributed by atoms with Crippen molar-refractivity contribution in [2.75, 3.05) is 0 Å². The molecule has 1 saturated heterocycles. The molecule has 0 radical (unpaired) electrons. The van der Waals surface area contributed by atoms with E-state index in [4.69, 9.17) is 20.9 Å². The Morgan fingerprint density at radius 3 is 2.64 bits per heavy atom. The molecule has 5 nitrogen and oxygen atoms in total. The smallest absolute Gasteiger partial charge is 0.313 e. The summed E-state index contributed by atoms with van der Waals surface area (Å²) in [6, 6.07) is 4.50. The van der Waals surface area contributed by atoms with Crippen molar-refractivity contribution in [3.8, 4) is 0 Å². The van der Waals surface area contributed by atoms with Crippen LogP contribution in [-0.2, 0) is 21.6 Å². The van der Waals surface area contributed by atoms with Gasteiger partial charge in [-0.15, -0.1) is 0 Å². The standard InChI is InChI=1S/C18H18ClFN2O3/c1-16(2)17(3)7-8-18(16,24-15(17)23)14-21-13(22-25-14)9-10-11(19)5-4-6-12(10)20/h4-6H,7-9H2,1-3H3/t17-,18-/m0/s1. The van der Waals surface area contributed by atoms with Gasteiger partial charge in [0.25, 0.3) is 5.89 Å². The van der Waals surface area contributed by atoms with E-state index in [1.807, 2.05) is 20.8 Å². The third-order valence-electron chi connectivity index (χ3n) is 6.29. The van der Waals surface area contributed by atoms with Crippen molar-refractivity contribution >= 4 is 17.6 Å². The lowest BCUT2D eigenvalue weighted by Gasteiger charge is -2.33. The van der Waals surface area contributed by atoms with Gasteiger partial charge < -0.3 is 9.26 Å². The molecule has 2 aliphatic rings. The van der Waals surface area contributed by atoms with Gasteiger partial charge in [-0.2, -0.15) is 4.98 Å². The second kappa shape index (κ2) is 5.04. The highest BCUT2D eigenvalue weighted by Crippen LogP contribution is 2.69. The van der Waals surface area contributed by atoms with E-state index in [0.29, 0.717) is 29.3 Å². The molecule has 2 atom stereocenters. The summed E-state index contributed by atoms with van der Waals surface area (Å²) in [7, 11) is 0. The molecule has 1 aliphatic carbocycles. The highest BCUT2D eigenvalue weighted by Gasteiger charge is 2.75. The highest BCUT2D eigenvalue weighted by atomic mass is 35.5. The minimum atomic E-state index is -0.927. The molecule has 0 amide bonds. The van der Waals surface area contributed by atoms with Crippen LogP contribution in [0.1, 0.15) is 50.9 Å². The number of hydrogen-bond donors (Lipinski definition) is 0. The van der Waals surface area contributed by atoms with E-state index >= 15 is 0 Å². The molecule has 132 valence electrons. The van der Waals surface area contributed by atoms with E-state index in [1.165, 1.54) is 6.07 Å². The Bertz CT molecular complexity index is 861. The highest BCUT2D eigenvalue weighted by molar-refractivity contribution is 6.31. The summed E-state index contributed by atoms with van der Waals surface area (Å²) in [6.45, 7) is 5.89. The molecule has 2 fully saturated rings. The first-order chi connectivity index (χ1) is 11.7. The molecule has 0 N–H and O–H groups in total. The molecule has 2 bridgehead atoms. The lowest BCUT2D eigenvalue weighted by molar-refractivity contribution is -0.163. The Hall–Kier alpha value is -1.95. The number of benzene rings is 1. The van der Waals surface area contributed by atoms with Gasteiger partial charge in [-0.3, -0.25) is 4.79 Å². The summed E-state index contributed by atoms with van der Waals surface area (Å²) < 4.78 is 25.2. The molecule has 1 aliphatic heterocycles. The minimum Gasteiger partial charge on any atom is -0.448 e. The first-order valence-electron chi connectivity index (χ1n) is 8.21. The zero-order valence-electron chi connectivity index (χ0n) is 14.2. The second-order valence-electron chi connectivity index (χ2n) is 7.57. The van der Waals surface area contributed by atoms with Crippen LogP contribution in [0.15, 0.2) is 22.7 Å². The number of ether oxygens (including phenoxy) is 1. The van der Waals surface area contributed by atoms with Crippen LogP contribution in [0.25, 0.3) is 0 Å². The largest absolute Gasteiger partial charge is 0.448 e. The Morgan fingerprint density at radius 2 is 2.04 bits per heavy atom. The minimum absolute atomic E-state index is 0.108. The second-order valence-corrected chi connectivity index (χ2v) is 7.97. The number of fused-ring (bicyclic) bond motifs is 2. The first-order valence-corrected chi connectivity index (χ1v) is 8.58.